The Morgan fingerprint density at radius 3 is 1.92 bits per heavy atom. The second-order valence-electron chi connectivity index (χ2n) is 10.4. The van der Waals surface area contributed by atoms with Crippen molar-refractivity contribution in [1.29, 1.82) is 0 Å². The quantitative estimate of drug-likeness (QED) is 0.313. The number of benzene rings is 2. The van der Waals surface area contributed by atoms with Gasteiger partial charge in [-0.1, -0.05) is 48.5 Å². The van der Waals surface area contributed by atoms with Crippen molar-refractivity contribution >= 4 is 23.2 Å². The van der Waals surface area contributed by atoms with Crippen molar-refractivity contribution in [1.82, 2.24) is 15.1 Å². The van der Waals surface area contributed by atoms with E-state index in [9.17, 15) is 26.3 Å². The van der Waals surface area contributed by atoms with Crippen molar-refractivity contribution in [2.24, 2.45) is 0 Å². The van der Waals surface area contributed by atoms with Crippen LogP contribution in [0.1, 0.15) is 60.4 Å². The smallest absolute Gasteiger partial charge is 0.308 e. The van der Waals surface area contributed by atoms with Crippen LogP contribution in [0, 0.1) is 0 Å². The van der Waals surface area contributed by atoms with E-state index in [1.165, 1.54) is 32.1 Å². The van der Waals surface area contributed by atoms with E-state index in [2.05, 4.69) is 15.1 Å². The van der Waals surface area contributed by atoms with E-state index in [0.29, 0.717) is 34.7 Å². The number of alkyl halides is 6. The first kappa shape index (κ1) is 30.4. The average molecular weight is 596 g/mol. The lowest BCUT2D eigenvalue weighted by Gasteiger charge is -2.41. The third-order valence-corrected chi connectivity index (χ3v) is 8.51. The van der Waals surface area contributed by atoms with E-state index in [-0.39, 0.29) is 18.1 Å². The zero-order chi connectivity index (χ0) is 28.2. The average Bonchev–Trinajstić information content (AvgIpc) is 2.89. The highest BCUT2D eigenvalue weighted by Gasteiger charge is 2.37. The Bertz CT molecular complexity index is 1040. The van der Waals surface area contributed by atoms with Gasteiger partial charge in [0.05, 0.1) is 11.1 Å². The lowest BCUT2D eigenvalue weighted by Crippen LogP contribution is -2.51. The molecule has 2 aliphatic rings. The third kappa shape index (κ3) is 8.26. The van der Waals surface area contributed by atoms with Gasteiger partial charge in [0.1, 0.15) is 0 Å². The molecular weight excluding hydrogens is 563 g/mol. The molecule has 1 N–H and O–H groups in total. The molecule has 1 aliphatic heterocycles. The zero-order valence-corrected chi connectivity index (χ0v) is 23.0. The highest BCUT2D eigenvalue weighted by molar-refractivity contribution is 6.36. The molecule has 4 rings (SSSR count). The maximum absolute atomic E-state index is 13.6. The van der Waals surface area contributed by atoms with Crippen molar-refractivity contribution in [3.05, 3.63) is 68.7 Å². The van der Waals surface area contributed by atoms with Crippen LogP contribution in [0.25, 0.3) is 0 Å². The van der Waals surface area contributed by atoms with Gasteiger partial charge in [-0.25, -0.2) is 0 Å². The molecule has 2 aromatic carbocycles. The molecular formula is C28H33Cl2F6N3. The monoisotopic (exact) mass is 595 g/mol. The largest absolute Gasteiger partial charge is 0.416 e. The van der Waals surface area contributed by atoms with E-state index < -0.39 is 29.5 Å². The minimum atomic E-state index is -4.93. The van der Waals surface area contributed by atoms with Gasteiger partial charge in [0, 0.05) is 61.4 Å². The summed E-state index contributed by atoms with van der Waals surface area (Å²) < 4.78 is 81.4. The minimum Gasteiger partial charge on any atom is -0.308 e. The van der Waals surface area contributed by atoms with E-state index in [4.69, 9.17) is 23.2 Å². The second-order valence-corrected chi connectivity index (χ2v) is 11.2. The minimum absolute atomic E-state index is 0.0343. The first-order chi connectivity index (χ1) is 18.4. The summed E-state index contributed by atoms with van der Waals surface area (Å²) in [5.74, 6) is 0. The number of halogens is 8. The first-order valence-electron chi connectivity index (χ1n) is 13.3. The molecule has 1 heterocycles. The molecule has 0 spiro atoms. The zero-order valence-electron chi connectivity index (χ0n) is 21.5. The Morgan fingerprint density at radius 1 is 0.821 bits per heavy atom. The highest BCUT2D eigenvalue weighted by Crippen LogP contribution is 2.39. The van der Waals surface area contributed by atoms with Crippen LogP contribution < -0.4 is 5.32 Å². The summed E-state index contributed by atoms with van der Waals surface area (Å²) in [5, 5.41) is 3.81. The van der Waals surface area contributed by atoms with Crippen molar-refractivity contribution in [3.8, 4) is 0 Å². The van der Waals surface area contributed by atoms with Gasteiger partial charge < -0.3 is 5.32 Å². The van der Waals surface area contributed by atoms with Crippen molar-refractivity contribution < 1.29 is 26.3 Å². The summed E-state index contributed by atoms with van der Waals surface area (Å²) in [5.41, 5.74) is -2.34. The summed E-state index contributed by atoms with van der Waals surface area (Å²) in [6.45, 7) is 4.68. The molecule has 3 nitrogen and oxygen atoms in total. The number of hydrogen-bond acceptors (Lipinski definition) is 3. The lowest BCUT2D eigenvalue weighted by molar-refractivity contribution is -0.143. The molecule has 0 bridgehead atoms. The fraction of sp³-hybridized carbons (Fsp3) is 0.571. The van der Waals surface area contributed by atoms with Gasteiger partial charge in [0.2, 0.25) is 0 Å². The summed E-state index contributed by atoms with van der Waals surface area (Å²) in [6, 6.07) is 6.31. The molecule has 2 fully saturated rings. The van der Waals surface area contributed by atoms with E-state index in [0.717, 1.165) is 38.3 Å². The van der Waals surface area contributed by atoms with Crippen molar-refractivity contribution in [3.63, 3.8) is 0 Å². The number of piperazine rings is 1. The molecule has 0 aromatic heterocycles. The maximum atomic E-state index is 13.6. The summed E-state index contributed by atoms with van der Waals surface area (Å²) in [7, 11) is 0. The van der Waals surface area contributed by atoms with Crippen LogP contribution in [-0.2, 0) is 18.8 Å². The normalized spacial score (nSPS) is 19.4. The molecule has 2 aromatic rings. The predicted octanol–water partition coefficient (Wildman–Crippen LogP) is 7.85. The van der Waals surface area contributed by atoms with Crippen LogP contribution >= 0.6 is 23.2 Å². The number of nitrogens with zero attached hydrogens (tertiary/aromatic N) is 2. The number of rotatable bonds is 8. The van der Waals surface area contributed by atoms with Gasteiger partial charge in [-0.05, 0) is 60.7 Å². The molecule has 216 valence electrons. The molecule has 0 amide bonds. The van der Waals surface area contributed by atoms with Crippen LogP contribution in [0.4, 0.5) is 26.3 Å². The molecule has 1 atom stereocenters. The van der Waals surface area contributed by atoms with Gasteiger partial charge in [0.15, 0.2) is 0 Å². The van der Waals surface area contributed by atoms with Crippen LogP contribution in [0.3, 0.4) is 0 Å². The Labute approximate surface area is 235 Å². The van der Waals surface area contributed by atoms with Crippen LogP contribution in [-0.4, -0.2) is 55.1 Å². The van der Waals surface area contributed by atoms with E-state index >= 15 is 0 Å². The van der Waals surface area contributed by atoms with Crippen LogP contribution in [0.15, 0.2) is 36.4 Å². The van der Waals surface area contributed by atoms with Gasteiger partial charge in [-0.15, -0.1) is 0 Å². The Morgan fingerprint density at radius 2 is 1.38 bits per heavy atom. The molecule has 1 saturated carbocycles. The molecule has 1 saturated heterocycles. The van der Waals surface area contributed by atoms with Gasteiger partial charge >= 0.3 is 12.4 Å². The van der Waals surface area contributed by atoms with Crippen LogP contribution in [0.5, 0.6) is 0 Å². The Hall–Kier alpha value is -1.52. The SMILES string of the molecule is FC(F)(F)c1cc(C(Cc2c(Cl)cccc2Cl)NCCN2CCN(C3CCCCC3)CC2)cc(C(F)(F)F)c1. The summed E-state index contributed by atoms with van der Waals surface area (Å²) in [6.07, 6.45) is -3.49. The Balaban J connectivity index is 1.50. The molecule has 11 heteroatoms. The maximum Gasteiger partial charge on any atom is 0.416 e. The van der Waals surface area contributed by atoms with E-state index in [1.807, 2.05) is 0 Å². The molecule has 0 radical (unpaired) electrons. The standard InChI is InChI=1S/C28H33Cl2F6N3/c29-24-7-4-8-25(30)23(24)18-26(19-15-20(27(31,32)33)17-21(16-19)28(34,35)36)37-9-10-38-11-13-39(14-12-38)22-5-2-1-3-6-22/h4,7-8,15-17,22,26,37H,1-3,5-6,9-14,18H2. The Kier molecular flexibility index (Phi) is 10.1. The number of nitrogens with one attached hydrogen (secondary N) is 1. The fourth-order valence-electron chi connectivity index (χ4n) is 5.61. The van der Waals surface area contributed by atoms with Crippen molar-refractivity contribution in [2.45, 2.75) is 63.0 Å². The van der Waals surface area contributed by atoms with E-state index in [1.54, 1.807) is 18.2 Å². The first-order valence-corrected chi connectivity index (χ1v) is 14.1. The predicted molar refractivity (Wildman–Crippen MR) is 142 cm³/mol. The van der Waals surface area contributed by atoms with Crippen LogP contribution in [0.2, 0.25) is 10.0 Å². The second kappa shape index (κ2) is 13.0. The lowest BCUT2D eigenvalue weighted by atomic mass is 9.94. The summed E-state index contributed by atoms with van der Waals surface area (Å²) >= 11 is 12.6. The highest BCUT2D eigenvalue weighted by atomic mass is 35.5. The van der Waals surface area contributed by atoms with Gasteiger partial charge in [0.25, 0.3) is 0 Å². The molecule has 1 unspecified atom stereocenters. The van der Waals surface area contributed by atoms with Crippen molar-refractivity contribution in [2.75, 3.05) is 39.3 Å². The van der Waals surface area contributed by atoms with Gasteiger partial charge in [-0.2, -0.15) is 26.3 Å². The molecule has 39 heavy (non-hydrogen) atoms. The molecule has 1 aliphatic carbocycles. The topological polar surface area (TPSA) is 18.5 Å². The van der Waals surface area contributed by atoms with Gasteiger partial charge in [-0.3, -0.25) is 9.80 Å². The fourth-order valence-corrected chi connectivity index (χ4v) is 6.17. The third-order valence-electron chi connectivity index (χ3n) is 7.80. The number of hydrogen-bond donors (Lipinski definition) is 1. The summed E-state index contributed by atoms with van der Waals surface area (Å²) in [4.78, 5) is 4.83.